The van der Waals surface area contributed by atoms with Crippen molar-refractivity contribution in [1.29, 1.82) is 0 Å². The molecule has 1 N–H and O–H groups in total. The van der Waals surface area contributed by atoms with E-state index in [0.29, 0.717) is 12.2 Å². The standard InChI is InChI=1S/C34H32O4/c1-23-10-15-26(16-11-23)29-20-28(31(35)19-14-24-12-17-27(18-13-24)33(36)37)21-30(34(2,3)4)32(29)38-22-25-8-6-5-7-9-25/h5-21H,22H2,1-4H3,(H,36,37). The van der Waals surface area contributed by atoms with Crippen molar-refractivity contribution in [3.05, 3.63) is 130 Å². The third-order valence-corrected chi connectivity index (χ3v) is 6.35. The number of carboxylic acids is 1. The maximum Gasteiger partial charge on any atom is 0.335 e. The van der Waals surface area contributed by atoms with Crippen LogP contribution in [0.1, 0.15) is 63.7 Å². The largest absolute Gasteiger partial charge is 0.488 e. The summed E-state index contributed by atoms with van der Waals surface area (Å²) in [6, 6.07) is 28.5. The van der Waals surface area contributed by atoms with E-state index in [1.165, 1.54) is 18.2 Å². The molecule has 0 bridgehead atoms. The first-order valence-corrected chi connectivity index (χ1v) is 12.6. The smallest absolute Gasteiger partial charge is 0.335 e. The quantitative estimate of drug-likeness (QED) is 0.194. The molecule has 0 spiro atoms. The summed E-state index contributed by atoms with van der Waals surface area (Å²) in [7, 11) is 0. The van der Waals surface area contributed by atoms with Gasteiger partial charge in [-0.2, -0.15) is 0 Å². The number of carbonyl (C=O) groups is 2. The van der Waals surface area contributed by atoms with Gasteiger partial charge in [-0.25, -0.2) is 4.79 Å². The van der Waals surface area contributed by atoms with E-state index >= 15 is 0 Å². The van der Waals surface area contributed by atoms with Gasteiger partial charge in [0.15, 0.2) is 5.78 Å². The Morgan fingerprint density at radius 1 is 0.842 bits per heavy atom. The van der Waals surface area contributed by atoms with E-state index in [9.17, 15) is 9.59 Å². The van der Waals surface area contributed by atoms with E-state index in [2.05, 4.69) is 45.0 Å². The second kappa shape index (κ2) is 11.3. The van der Waals surface area contributed by atoms with E-state index in [-0.39, 0.29) is 16.8 Å². The van der Waals surface area contributed by atoms with Crippen molar-refractivity contribution in [3.8, 4) is 16.9 Å². The molecule has 0 saturated carbocycles. The fourth-order valence-electron chi connectivity index (χ4n) is 4.17. The Bertz CT molecular complexity index is 1460. The summed E-state index contributed by atoms with van der Waals surface area (Å²) in [6.45, 7) is 8.81. The van der Waals surface area contributed by atoms with Crippen LogP contribution >= 0.6 is 0 Å². The molecule has 0 aromatic heterocycles. The molecule has 0 fully saturated rings. The van der Waals surface area contributed by atoms with Gasteiger partial charge in [-0.1, -0.05) is 99.1 Å². The predicted molar refractivity (Wildman–Crippen MR) is 153 cm³/mol. The summed E-state index contributed by atoms with van der Waals surface area (Å²) in [5, 5.41) is 9.11. The molecular formula is C34H32O4. The predicted octanol–water partition coefficient (Wildman–Crippen LogP) is 8.13. The van der Waals surface area contributed by atoms with Crippen LogP contribution in [-0.2, 0) is 12.0 Å². The minimum absolute atomic E-state index is 0.138. The monoisotopic (exact) mass is 504 g/mol. The van der Waals surface area contributed by atoms with Gasteiger partial charge < -0.3 is 9.84 Å². The summed E-state index contributed by atoms with van der Waals surface area (Å²) < 4.78 is 6.48. The van der Waals surface area contributed by atoms with Crippen LogP contribution in [0.5, 0.6) is 5.75 Å². The Balaban J connectivity index is 1.76. The van der Waals surface area contributed by atoms with E-state index in [1.54, 1.807) is 18.2 Å². The lowest BCUT2D eigenvalue weighted by Crippen LogP contribution is -2.16. The minimum Gasteiger partial charge on any atom is -0.488 e. The lowest BCUT2D eigenvalue weighted by atomic mass is 9.82. The molecule has 0 aliphatic rings. The van der Waals surface area contributed by atoms with Gasteiger partial charge in [0.05, 0.1) is 5.56 Å². The van der Waals surface area contributed by atoms with Crippen molar-refractivity contribution >= 4 is 17.8 Å². The van der Waals surface area contributed by atoms with Crippen molar-refractivity contribution in [1.82, 2.24) is 0 Å². The molecule has 4 aromatic rings. The molecular weight excluding hydrogens is 472 g/mol. The molecule has 0 amide bonds. The second-order valence-corrected chi connectivity index (χ2v) is 10.4. The van der Waals surface area contributed by atoms with Gasteiger partial charge in [0.25, 0.3) is 0 Å². The maximum atomic E-state index is 13.4. The normalized spacial score (nSPS) is 11.5. The number of aromatic carboxylic acids is 1. The summed E-state index contributed by atoms with van der Waals surface area (Å²) >= 11 is 0. The van der Waals surface area contributed by atoms with Crippen molar-refractivity contribution in [2.45, 2.75) is 39.7 Å². The zero-order valence-electron chi connectivity index (χ0n) is 22.2. The third-order valence-electron chi connectivity index (χ3n) is 6.35. The average Bonchev–Trinajstić information content (AvgIpc) is 2.91. The van der Waals surface area contributed by atoms with Crippen LogP contribution in [0.2, 0.25) is 0 Å². The third kappa shape index (κ3) is 6.46. The molecule has 0 atom stereocenters. The van der Waals surface area contributed by atoms with Crippen LogP contribution in [0.4, 0.5) is 0 Å². The van der Waals surface area contributed by atoms with Gasteiger partial charge >= 0.3 is 5.97 Å². The first-order chi connectivity index (χ1) is 18.1. The number of ketones is 1. The first kappa shape index (κ1) is 26.6. The fourth-order valence-corrected chi connectivity index (χ4v) is 4.17. The number of hydrogen-bond acceptors (Lipinski definition) is 3. The van der Waals surface area contributed by atoms with E-state index < -0.39 is 5.97 Å². The van der Waals surface area contributed by atoms with Crippen LogP contribution in [0.15, 0.2) is 97.1 Å². The molecule has 0 saturated heterocycles. The SMILES string of the molecule is Cc1ccc(-c2cc(C(=O)C=Cc3ccc(C(=O)O)cc3)cc(C(C)(C)C)c2OCc2ccccc2)cc1. The molecule has 4 nitrogen and oxygen atoms in total. The fraction of sp³-hybridized carbons (Fsp3) is 0.176. The van der Waals surface area contributed by atoms with Crippen LogP contribution in [0.25, 0.3) is 17.2 Å². The Hall–Kier alpha value is -4.44. The molecule has 0 aliphatic heterocycles. The molecule has 0 unspecified atom stereocenters. The first-order valence-electron chi connectivity index (χ1n) is 12.6. The maximum absolute atomic E-state index is 13.4. The number of carbonyl (C=O) groups excluding carboxylic acids is 1. The van der Waals surface area contributed by atoms with Crippen LogP contribution in [0, 0.1) is 6.92 Å². The lowest BCUT2D eigenvalue weighted by molar-refractivity contribution is 0.0696. The second-order valence-electron chi connectivity index (χ2n) is 10.4. The zero-order chi connectivity index (χ0) is 27.3. The number of ether oxygens (including phenoxy) is 1. The van der Waals surface area contributed by atoms with Gasteiger partial charge in [-0.3, -0.25) is 4.79 Å². The Morgan fingerprint density at radius 2 is 1.50 bits per heavy atom. The van der Waals surface area contributed by atoms with E-state index in [1.807, 2.05) is 49.4 Å². The molecule has 0 aliphatic carbocycles. The summed E-state index contributed by atoms with van der Waals surface area (Å²) in [6.07, 6.45) is 3.23. The Labute approximate surface area is 224 Å². The number of allylic oxidation sites excluding steroid dienone is 1. The van der Waals surface area contributed by atoms with Gasteiger partial charge in [0.1, 0.15) is 12.4 Å². The van der Waals surface area contributed by atoms with E-state index in [0.717, 1.165) is 39.1 Å². The Morgan fingerprint density at radius 3 is 2.11 bits per heavy atom. The highest BCUT2D eigenvalue weighted by atomic mass is 16.5. The summed E-state index contributed by atoms with van der Waals surface area (Å²) in [4.78, 5) is 24.5. The number of rotatable bonds is 8. The van der Waals surface area contributed by atoms with Gasteiger partial charge in [-0.15, -0.1) is 0 Å². The number of carboxylic acid groups (broad SMARTS) is 1. The zero-order valence-corrected chi connectivity index (χ0v) is 22.2. The van der Waals surface area contributed by atoms with Gasteiger partial charge in [0, 0.05) is 16.7 Å². The minimum atomic E-state index is -0.982. The number of hydrogen-bond donors (Lipinski definition) is 1. The summed E-state index contributed by atoms with van der Waals surface area (Å²) in [5.41, 5.74) is 6.27. The highest BCUT2D eigenvalue weighted by Gasteiger charge is 2.25. The van der Waals surface area contributed by atoms with Crippen molar-refractivity contribution < 1.29 is 19.4 Å². The van der Waals surface area contributed by atoms with Crippen LogP contribution in [0.3, 0.4) is 0 Å². The van der Waals surface area contributed by atoms with Crippen molar-refractivity contribution in [2.75, 3.05) is 0 Å². The molecule has 192 valence electrons. The van der Waals surface area contributed by atoms with Crippen LogP contribution < -0.4 is 4.74 Å². The number of aryl methyl sites for hydroxylation is 1. The van der Waals surface area contributed by atoms with Gasteiger partial charge in [0.2, 0.25) is 0 Å². The highest BCUT2D eigenvalue weighted by Crippen LogP contribution is 2.41. The molecule has 38 heavy (non-hydrogen) atoms. The molecule has 4 rings (SSSR count). The molecule has 0 heterocycles. The summed E-state index contributed by atoms with van der Waals surface area (Å²) in [5.74, 6) is -0.347. The topological polar surface area (TPSA) is 63.6 Å². The Kier molecular flexibility index (Phi) is 7.92. The van der Waals surface area contributed by atoms with Crippen LogP contribution in [-0.4, -0.2) is 16.9 Å². The molecule has 0 radical (unpaired) electrons. The van der Waals surface area contributed by atoms with Crippen molar-refractivity contribution in [2.24, 2.45) is 0 Å². The average molecular weight is 505 g/mol. The van der Waals surface area contributed by atoms with E-state index in [4.69, 9.17) is 9.84 Å². The van der Waals surface area contributed by atoms with Gasteiger partial charge in [-0.05, 0) is 59.4 Å². The number of benzene rings is 4. The molecule has 4 heteroatoms. The highest BCUT2D eigenvalue weighted by molar-refractivity contribution is 6.08. The van der Waals surface area contributed by atoms with Crippen molar-refractivity contribution in [3.63, 3.8) is 0 Å². The molecule has 4 aromatic carbocycles. The lowest BCUT2D eigenvalue weighted by Gasteiger charge is -2.26.